The molecule has 4 nitrogen and oxygen atoms in total. The van der Waals surface area contributed by atoms with Gasteiger partial charge >= 0.3 is 0 Å². The van der Waals surface area contributed by atoms with Crippen molar-refractivity contribution in [1.82, 2.24) is 10.5 Å². The van der Waals surface area contributed by atoms with E-state index >= 15 is 0 Å². The number of nitrogens with one attached hydrogen (secondary N) is 1. The molecule has 1 aromatic heterocycles. The van der Waals surface area contributed by atoms with Gasteiger partial charge in [-0.2, -0.15) is 0 Å². The summed E-state index contributed by atoms with van der Waals surface area (Å²) < 4.78 is 6.16. The van der Waals surface area contributed by atoms with Crippen LogP contribution in [0.3, 0.4) is 0 Å². The largest absolute Gasteiger partial charge is 0.361 e. The van der Waals surface area contributed by atoms with Crippen LogP contribution in [0.1, 0.15) is 40.3 Å². The molecular formula is C14H15IN2O2. The lowest BCUT2D eigenvalue weighted by Crippen LogP contribution is -2.27. The maximum Gasteiger partial charge on any atom is 0.251 e. The predicted octanol–water partition coefficient (Wildman–Crippen LogP) is 3.39. The maximum absolute atomic E-state index is 12.2. The van der Waals surface area contributed by atoms with Crippen molar-refractivity contribution in [2.45, 2.75) is 26.8 Å². The van der Waals surface area contributed by atoms with E-state index in [1.54, 1.807) is 6.07 Å². The molecule has 2 aromatic rings. The fraction of sp³-hybridized carbons (Fsp3) is 0.286. The van der Waals surface area contributed by atoms with Gasteiger partial charge in [-0.25, -0.2) is 0 Å². The standard InChI is InChI=1S/C14H15IN2O2/c1-8(13-9(2)17-19-10(13)3)16-14(18)11-5-4-6-12(15)7-11/h4-8H,1-3H3,(H,16,18). The number of benzene rings is 1. The van der Waals surface area contributed by atoms with Gasteiger partial charge in [0.25, 0.3) is 5.91 Å². The van der Waals surface area contributed by atoms with Gasteiger partial charge in [-0.15, -0.1) is 0 Å². The van der Waals surface area contributed by atoms with Crippen LogP contribution in [-0.2, 0) is 0 Å². The first-order valence-corrected chi connectivity index (χ1v) is 7.06. The van der Waals surface area contributed by atoms with Gasteiger partial charge < -0.3 is 9.84 Å². The van der Waals surface area contributed by atoms with Crippen LogP contribution in [0.15, 0.2) is 28.8 Å². The number of aromatic nitrogens is 1. The van der Waals surface area contributed by atoms with E-state index in [1.807, 2.05) is 39.0 Å². The number of aryl methyl sites for hydroxylation is 2. The summed E-state index contributed by atoms with van der Waals surface area (Å²) in [7, 11) is 0. The van der Waals surface area contributed by atoms with Crippen LogP contribution in [0, 0.1) is 17.4 Å². The molecule has 1 atom stereocenters. The lowest BCUT2D eigenvalue weighted by atomic mass is 10.1. The minimum atomic E-state index is -0.128. The third kappa shape index (κ3) is 3.15. The summed E-state index contributed by atoms with van der Waals surface area (Å²) in [6.07, 6.45) is 0. The van der Waals surface area contributed by atoms with Crippen LogP contribution in [0.5, 0.6) is 0 Å². The summed E-state index contributed by atoms with van der Waals surface area (Å²) >= 11 is 2.19. The van der Waals surface area contributed by atoms with Crippen LogP contribution in [0.2, 0.25) is 0 Å². The molecule has 19 heavy (non-hydrogen) atoms. The van der Waals surface area contributed by atoms with Gasteiger partial charge in [0, 0.05) is 14.7 Å². The Labute approximate surface area is 125 Å². The molecule has 0 bridgehead atoms. The van der Waals surface area contributed by atoms with Gasteiger partial charge in [0.2, 0.25) is 0 Å². The zero-order valence-electron chi connectivity index (χ0n) is 11.0. The van der Waals surface area contributed by atoms with Crippen molar-refractivity contribution in [3.8, 4) is 0 Å². The molecule has 2 rings (SSSR count). The highest BCUT2D eigenvalue weighted by Crippen LogP contribution is 2.21. The van der Waals surface area contributed by atoms with Crippen molar-refractivity contribution >= 4 is 28.5 Å². The SMILES string of the molecule is Cc1noc(C)c1C(C)NC(=O)c1cccc(I)c1. The van der Waals surface area contributed by atoms with E-state index in [0.717, 1.165) is 20.6 Å². The fourth-order valence-electron chi connectivity index (χ4n) is 2.09. The van der Waals surface area contributed by atoms with Crippen molar-refractivity contribution < 1.29 is 9.32 Å². The number of carbonyl (C=O) groups is 1. The molecule has 1 heterocycles. The molecule has 0 radical (unpaired) electrons. The van der Waals surface area contributed by atoms with E-state index in [0.29, 0.717) is 5.56 Å². The lowest BCUT2D eigenvalue weighted by molar-refractivity contribution is 0.0939. The van der Waals surface area contributed by atoms with Crippen LogP contribution in [0.25, 0.3) is 0 Å². The second-order valence-corrected chi connectivity index (χ2v) is 5.69. The Morgan fingerprint density at radius 1 is 1.42 bits per heavy atom. The van der Waals surface area contributed by atoms with Gasteiger partial charge in [-0.1, -0.05) is 11.2 Å². The molecule has 0 spiro atoms. The zero-order valence-corrected chi connectivity index (χ0v) is 13.2. The first-order valence-electron chi connectivity index (χ1n) is 5.98. The number of nitrogens with zero attached hydrogens (tertiary/aromatic N) is 1. The summed E-state index contributed by atoms with van der Waals surface area (Å²) in [5.41, 5.74) is 2.41. The minimum Gasteiger partial charge on any atom is -0.361 e. The van der Waals surface area contributed by atoms with Crippen LogP contribution in [-0.4, -0.2) is 11.1 Å². The summed E-state index contributed by atoms with van der Waals surface area (Å²) in [6, 6.07) is 7.36. The predicted molar refractivity (Wildman–Crippen MR) is 81.0 cm³/mol. The summed E-state index contributed by atoms with van der Waals surface area (Å²) in [5.74, 6) is 0.652. The fourth-order valence-corrected chi connectivity index (χ4v) is 2.63. The van der Waals surface area contributed by atoms with Crippen molar-refractivity contribution in [2.75, 3.05) is 0 Å². The monoisotopic (exact) mass is 370 g/mol. The average Bonchev–Trinajstić information content (AvgIpc) is 2.69. The quantitative estimate of drug-likeness (QED) is 0.843. The molecule has 0 fully saturated rings. The molecule has 1 amide bonds. The van der Waals surface area contributed by atoms with E-state index < -0.39 is 0 Å². The number of hydrogen-bond donors (Lipinski definition) is 1. The van der Waals surface area contributed by atoms with Gasteiger partial charge in [-0.05, 0) is 61.6 Å². The normalized spacial score (nSPS) is 12.2. The van der Waals surface area contributed by atoms with Crippen molar-refractivity contribution in [1.29, 1.82) is 0 Å². The molecule has 5 heteroatoms. The molecule has 0 saturated carbocycles. The Bertz CT molecular complexity index is 588. The zero-order chi connectivity index (χ0) is 14.0. The second-order valence-electron chi connectivity index (χ2n) is 4.44. The maximum atomic E-state index is 12.2. The molecular weight excluding hydrogens is 355 g/mol. The highest BCUT2D eigenvalue weighted by molar-refractivity contribution is 14.1. The number of rotatable bonds is 3. The molecule has 1 N–H and O–H groups in total. The van der Waals surface area contributed by atoms with Gasteiger partial charge in [-0.3, -0.25) is 4.79 Å². The Morgan fingerprint density at radius 2 is 2.16 bits per heavy atom. The molecule has 1 unspecified atom stereocenters. The van der Waals surface area contributed by atoms with Crippen LogP contribution in [0.4, 0.5) is 0 Å². The van der Waals surface area contributed by atoms with Crippen molar-refractivity contribution in [3.05, 3.63) is 50.4 Å². The number of hydrogen-bond acceptors (Lipinski definition) is 3. The molecule has 0 aliphatic rings. The Balaban J connectivity index is 2.15. The Hall–Kier alpha value is -1.37. The third-order valence-electron chi connectivity index (χ3n) is 2.96. The highest BCUT2D eigenvalue weighted by Gasteiger charge is 2.18. The second kappa shape index (κ2) is 5.73. The molecule has 0 aliphatic heterocycles. The molecule has 1 aromatic carbocycles. The molecule has 0 aliphatic carbocycles. The van der Waals surface area contributed by atoms with E-state index in [-0.39, 0.29) is 11.9 Å². The molecule has 0 saturated heterocycles. The summed E-state index contributed by atoms with van der Waals surface area (Å²) in [4.78, 5) is 12.2. The van der Waals surface area contributed by atoms with E-state index in [1.165, 1.54) is 0 Å². The first-order chi connectivity index (χ1) is 8.99. The highest BCUT2D eigenvalue weighted by atomic mass is 127. The minimum absolute atomic E-state index is 0.0917. The van der Waals surface area contributed by atoms with Gasteiger partial charge in [0.1, 0.15) is 5.76 Å². The average molecular weight is 370 g/mol. The molecule has 100 valence electrons. The van der Waals surface area contributed by atoms with E-state index in [9.17, 15) is 4.79 Å². The van der Waals surface area contributed by atoms with Crippen molar-refractivity contribution in [3.63, 3.8) is 0 Å². The van der Waals surface area contributed by atoms with Crippen LogP contribution < -0.4 is 5.32 Å². The Kier molecular flexibility index (Phi) is 4.24. The third-order valence-corrected chi connectivity index (χ3v) is 3.63. The van der Waals surface area contributed by atoms with Gasteiger partial charge in [0.05, 0.1) is 11.7 Å². The van der Waals surface area contributed by atoms with E-state index in [2.05, 4.69) is 33.1 Å². The number of carbonyl (C=O) groups excluding carboxylic acids is 1. The van der Waals surface area contributed by atoms with Crippen LogP contribution >= 0.6 is 22.6 Å². The lowest BCUT2D eigenvalue weighted by Gasteiger charge is -2.13. The number of amides is 1. The smallest absolute Gasteiger partial charge is 0.251 e. The summed E-state index contributed by atoms with van der Waals surface area (Å²) in [5, 5.41) is 6.87. The topological polar surface area (TPSA) is 55.1 Å². The Morgan fingerprint density at radius 3 is 2.74 bits per heavy atom. The number of halogens is 1. The van der Waals surface area contributed by atoms with Crippen molar-refractivity contribution in [2.24, 2.45) is 0 Å². The van der Waals surface area contributed by atoms with Gasteiger partial charge in [0.15, 0.2) is 0 Å². The summed E-state index contributed by atoms with van der Waals surface area (Å²) in [6.45, 7) is 5.65. The van der Waals surface area contributed by atoms with E-state index in [4.69, 9.17) is 4.52 Å². The first kappa shape index (κ1) is 14.0.